The second-order valence-corrected chi connectivity index (χ2v) is 7.77. The number of amides is 2. The average molecular weight is 514 g/mol. The predicted molar refractivity (Wildman–Crippen MR) is 127 cm³/mol. The van der Waals surface area contributed by atoms with Crippen molar-refractivity contribution in [2.75, 3.05) is 12.4 Å². The molecule has 33 heavy (non-hydrogen) atoms. The van der Waals surface area contributed by atoms with Gasteiger partial charge in [0, 0.05) is 10.2 Å². The molecule has 3 aromatic carbocycles. The molecule has 0 aliphatic rings. The molecule has 0 saturated carbocycles. The fraction of sp³-hybridized carbons (Fsp3) is 0.125. The lowest BCUT2D eigenvalue weighted by Crippen LogP contribution is -2.24. The minimum absolute atomic E-state index is 0.382. The van der Waals surface area contributed by atoms with Gasteiger partial charge in [-0.1, -0.05) is 28.1 Å². The summed E-state index contributed by atoms with van der Waals surface area (Å²) in [6.45, 7) is 0.382. The van der Waals surface area contributed by atoms with Crippen LogP contribution in [-0.2, 0) is 16.2 Å². The van der Waals surface area contributed by atoms with Gasteiger partial charge in [-0.05, 0) is 65.7 Å². The van der Waals surface area contributed by atoms with Crippen LogP contribution in [0.1, 0.15) is 17.5 Å². The van der Waals surface area contributed by atoms with Crippen LogP contribution in [0, 0.1) is 5.82 Å². The van der Waals surface area contributed by atoms with Gasteiger partial charge in [0.1, 0.15) is 18.8 Å². The van der Waals surface area contributed by atoms with Crippen molar-refractivity contribution in [3.63, 3.8) is 0 Å². The minimum atomic E-state index is -0.590. The molecule has 0 saturated heterocycles. The zero-order valence-electron chi connectivity index (χ0n) is 17.7. The van der Waals surface area contributed by atoms with Crippen molar-refractivity contribution in [1.82, 2.24) is 5.43 Å². The van der Waals surface area contributed by atoms with E-state index in [4.69, 9.17) is 9.47 Å². The van der Waals surface area contributed by atoms with E-state index in [9.17, 15) is 14.0 Å². The van der Waals surface area contributed by atoms with Crippen molar-refractivity contribution in [2.45, 2.75) is 13.0 Å². The number of nitrogens with one attached hydrogen (secondary N) is 2. The third-order valence-corrected chi connectivity index (χ3v) is 4.88. The number of anilines is 1. The Morgan fingerprint density at radius 2 is 1.73 bits per heavy atom. The number of carbonyl (C=O) groups excluding carboxylic acids is 2. The highest BCUT2D eigenvalue weighted by molar-refractivity contribution is 9.10. The largest absolute Gasteiger partial charge is 0.493 e. The predicted octanol–water partition coefficient (Wildman–Crippen LogP) is 4.65. The number of hydrogen-bond donors (Lipinski definition) is 2. The molecule has 0 unspecified atom stereocenters. The van der Waals surface area contributed by atoms with E-state index in [-0.39, 0.29) is 0 Å². The number of hydrazone groups is 1. The quantitative estimate of drug-likeness (QED) is 0.247. The Kier molecular flexibility index (Phi) is 8.54. The molecule has 170 valence electrons. The van der Waals surface area contributed by atoms with Gasteiger partial charge in [0.15, 0.2) is 11.5 Å². The van der Waals surface area contributed by atoms with Crippen molar-refractivity contribution < 1.29 is 23.5 Å². The number of nitrogens with zero attached hydrogens (tertiary/aromatic N) is 1. The van der Waals surface area contributed by atoms with Crippen molar-refractivity contribution in [2.24, 2.45) is 5.10 Å². The molecule has 2 amide bonds. The highest BCUT2D eigenvalue weighted by Gasteiger charge is 2.09. The molecular formula is C24H21BrFN3O4. The summed E-state index contributed by atoms with van der Waals surface area (Å²) in [6, 6.07) is 18.3. The Morgan fingerprint density at radius 3 is 2.42 bits per heavy atom. The molecule has 0 radical (unpaired) electrons. The van der Waals surface area contributed by atoms with Crippen LogP contribution in [-0.4, -0.2) is 25.1 Å². The maximum Gasteiger partial charge on any atom is 0.249 e. The van der Waals surface area contributed by atoms with E-state index in [1.54, 1.807) is 18.2 Å². The van der Waals surface area contributed by atoms with Gasteiger partial charge >= 0.3 is 0 Å². The lowest BCUT2D eigenvalue weighted by Gasteiger charge is -2.11. The summed E-state index contributed by atoms with van der Waals surface area (Å²) in [6.07, 6.45) is 0.998. The molecule has 0 heterocycles. The Hall–Kier alpha value is -3.72. The maximum atomic E-state index is 12.9. The van der Waals surface area contributed by atoms with Crippen molar-refractivity contribution in [1.29, 1.82) is 0 Å². The average Bonchev–Trinajstić information content (AvgIpc) is 2.80. The van der Waals surface area contributed by atoms with E-state index in [0.29, 0.717) is 29.4 Å². The summed E-state index contributed by atoms with van der Waals surface area (Å²) in [7, 11) is 1.53. The first-order valence-corrected chi connectivity index (χ1v) is 10.6. The normalized spacial score (nSPS) is 10.6. The standard InChI is InChI=1S/C24H21BrFN3O4/c1-32-22-12-17(4-11-21(22)33-15-16-2-5-18(25)6-3-16)14-27-29-24(31)13-23(30)28-20-9-7-19(26)8-10-20/h2-12,14H,13,15H2,1H3,(H,28,30)(H,29,31). The Labute approximate surface area is 198 Å². The Morgan fingerprint density at radius 1 is 1.00 bits per heavy atom. The summed E-state index contributed by atoms with van der Waals surface area (Å²) in [5.41, 5.74) is 4.37. The van der Waals surface area contributed by atoms with Crippen LogP contribution in [0.5, 0.6) is 11.5 Å². The first kappa shape index (κ1) is 23.9. The molecule has 0 bridgehead atoms. The van der Waals surface area contributed by atoms with E-state index in [1.165, 1.54) is 37.6 Å². The van der Waals surface area contributed by atoms with Crippen LogP contribution in [0.4, 0.5) is 10.1 Å². The molecule has 2 N–H and O–H groups in total. The Balaban J connectivity index is 1.50. The Bertz CT molecular complexity index is 1140. The highest BCUT2D eigenvalue weighted by Crippen LogP contribution is 2.28. The minimum Gasteiger partial charge on any atom is -0.493 e. The summed E-state index contributed by atoms with van der Waals surface area (Å²) < 4.78 is 25.1. The zero-order chi connectivity index (χ0) is 23.6. The van der Waals surface area contributed by atoms with Gasteiger partial charge in [-0.25, -0.2) is 9.82 Å². The van der Waals surface area contributed by atoms with Crippen LogP contribution in [0.25, 0.3) is 0 Å². The molecule has 3 rings (SSSR count). The lowest BCUT2D eigenvalue weighted by atomic mass is 10.2. The van der Waals surface area contributed by atoms with E-state index >= 15 is 0 Å². The monoisotopic (exact) mass is 513 g/mol. The fourth-order valence-electron chi connectivity index (χ4n) is 2.73. The van der Waals surface area contributed by atoms with Gasteiger partial charge in [-0.2, -0.15) is 5.10 Å². The lowest BCUT2D eigenvalue weighted by molar-refractivity contribution is -0.126. The molecule has 0 atom stereocenters. The summed E-state index contributed by atoms with van der Waals surface area (Å²) >= 11 is 3.40. The molecular weight excluding hydrogens is 493 g/mol. The van der Waals surface area contributed by atoms with Crippen LogP contribution < -0.4 is 20.2 Å². The molecule has 0 fully saturated rings. The molecule has 0 aliphatic heterocycles. The van der Waals surface area contributed by atoms with Gasteiger partial charge in [-0.3, -0.25) is 9.59 Å². The van der Waals surface area contributed by atoms with Gasteiger partial charge < -0.3 is 14.8 Å². The van der Waals surface area contributed by atoms with E-state index in [2.05, 4.69) is 31.8 Å². The second-order valence-electron chi connectivity index (χ2n) is 6.85. The van der Waals surface area contributed by atoms with Crippen molar-refractivity contribution in [3.8, 4) is 11.5 Å². The SMILES string of the molecule is COc1cc(C=NNC(=O)CC(=O)Nc2ccc(F)cc2)ccc1OCc1ccc(Br)cc1. The number of benzene rings is 3. The maximum absolute atomic E-state index is 12.9. The van der Waals surface area contributed by atoms with Crippen LogP contribution in [0.3, 0.4) is 0 Å². The molecule has 0 spiro atoms. The third-order valence-electron chi connectivity index (χ3n) is 4.35. The zero-order valence-corrected chi connectivity index (χ0v) is 19.3. The third kappa shape index (κ3) is 7.73. The molecule has 9 heteroatoms. The first-order valence-electron chi connectivity index (χ1n) is 9.85. The molecule has 0 aromatic heterocycles. The van der Waals surface area contributed by atoms with Gasteiger partial charge in [0.25, 0.3) is 0 Å². The fourth-order valence-corrected chi connectivity index (χ4v) is 2.99. The smallest absolute Gasteiger partial charge is 0.249 e. The van der Waals surface area contributed by atoms with E-state index < -0.39 is 24.1 Å². The van der Waals surface area contributed by atoms with Gasteiger partial charge in [0.2, 0.25) is 11.8 Å². The summed E-state index contributed by atoms with van der Waals surface area (Å²) in [5.74, 6) is -0.462. The van der Waals surface area contributed by atoms with Crippen LogP contribution in [0.15, 0.2) is 76.3 Å². The second kappa shape index (κ2) is 11.8. The number of carbonyl (C=O) groups is 2. The molecule has 0 aliphatic carbocycles. The molecule has 3 aromatic rings. The first-order chi connectivity index (χ1) is 15.9. The van der Waals surface area contributed by atoms with E-state index in [0.717, 1.165) is 10.0 Å². The highest BCUT2D eigenvalue weighted by atomic mass is 79.9. The van der Waals surface area contributed by atoms with Crippen LogP contribution >= 0.6 is 15.9 Å². The van der Waals surface area contributed by atoms with Crippen molar-refractivity contribution in [3.05, 3.63) is 88.1 Å². The molecule has 7 nitrogen and oxygen atoms in total. The number of hydrogen-bond acceptors (Lipinski definition) is 5. The van der Waals surface area contributed by atoms with Crippen molar-refractivity contribution >= 4 is 39.6 Å². The number of ether oxygens (including phenoxy) is 2. The van der Waals surface area contributed by atoms with Gasteiger partial charge in [0.05, 0.1) is 13.3 Å². The number of methoxy groups -OCH3 is 1. The summed E-state index contributed by atoms with van der Waals surface area (Å²) in [5, 5.41) is 6.37. The van der Waals surface area contributed by atoms with E-state index in [1.807, 2.05) is 24.3 Å². The summed E-state index contributed by atoms with van der Waals surface area (Å²) in [4.78, 5) is 23.8. The van der Waals surface area contributed by atoms with Crippen LogP contribution in [0.2, 0.25) is 0 Å². The number of rotatable bonds is 9. The topological polar surface area (TPSA) is 89.0 Å². The number of halogens is 2. The van der Waals surface area contributed by atoms with Gasteiger partial charge in [-0.15, -0.1) is 0 Å².